The number of amides is 1. The summed E-state index contributed by atoms with van der Waals surface area (Å²) in [5.41, 5.74) is 6.55. The van der Waals surface area contributed by atoms with E-state index in [0.29, 0.717) is 24.2 Å². The van der Waals surface area contributed by atoms with Crippen LogP contribution in [0.4, 0.5) is 25.8 Å². The zero-order valence-corrected chi connectivity index (χ0v) is 27.0. The van der Waals surface area contributed by atoms with Crippen molar-refractivity contribution in [3.8, 4) is 0 Å². The van der Waals surface area contributed by atoms with Gasteiger partial charge >= 0.3 is 5.97 Å². The van der Waals surface area contributed by atoms with Gasteiger partial charge in [-0.1, -0.05) is 13.8 Å². The first-order valence-corrected chi connectivity index (χ1v) is 17.3. The van der Waals surface area contributed by atoms with E-state index in [4.69, 9.17) is 10.5 Å². The number of nitrogens with one attached hydrogen (secondary N) is 2. The van der Waals surface area contributed by atoms with Gasteiger partial charge in [0.05, 0.1) is 16.9 Å². The topological polar surface area (TPSA) is 156 Å². The molecule has 3 fully saturated rings. The zero-order valence-electron chi connectivity index (χ0n) is 26.1. The summed E-state index contributed by atoms with van der Waals surface area (Å²) >= 11 is 0. The number of hydrogen-bond donors (Lipinski definition) is 3. The van der Waals surface area contributed by atoms with Crippen LogP contribution in [0.2, 0.25) is 0 Å². The average molecular weight is 665 g/mol. The van der Waals surface area contributed by atoms with Gasteiger partial charge < -0.3 is 25.7 Å². The molecule has 1 aliphatic carbocycles. The third kappa shape index (κ3) is 7.97. The molecular formula is C31H42F2N6O6S. The minimum absolute atomic E-state index is 0.00378. The Hall–Kier alpha value is -3.72. The lowest BCUT2D eigenvalue weighted by Gasteiger charge is -2.35. The van der Waals surface area contributed by atoms with Crippen molar-refractivity contribution >= 4 is 39.0 Å². The lowest BCUT2D eigenvalue weighted by molar-refractivity contribution is -0.145. The zero-order chi connectivity index (χ0) is 33.3. The number of carbonyl (C=O) groups is 2. The fourth-order valence-corrected chi connectivity index (χ4v) is 6.72. The van der Waals surface area contributed by atoms with Crippen molar-refractivity contribution in [1.82, 2.24) is 4.68 Å². The molecule has 3 aliphatic rings. The first-order chi connectivity index (χ1) is 21.7. The SMILES string of the molecule is CC(C)[C@H](N)C(=O)OCCS(=O)(=O)Nc1ccc(C(=O)Nc2cccn(N3CCC(F)(F)CC3)c2=O)c(N2CCC3(CC2)CC3)c1. The average Bonchev–Trinajstić information content (AvgIpc) is 3.76. The smallest absolute Gasteiger partial charge is 0.323 e. The van der Waals surface area contributed by atoms with Gasteiger partial charge in [0.15, 0.2) is 0 Å². The maximum atomic E-state index is 13.7. The summed E-state index contributed by atoms with van der Waals surface area (Å²) in [6, 6.07) is 6.72. The molecule has 1 aromatic carbocycles. The fourth-order valence-electron chi connectivity index (χ4n) is 5.83. The van der Waals surface area contributed by atoms with E-state index in [1.165, 1.54) is 46.9 Å². The van der Waals surface area contributed by atoms with Crippen LogP contribution in [0, 0.1) is 11.3 Å². The van der Waals surface area contributed by atoms with Crippen LogP contribution in [0.15, 0.2) is 41.3 Å². The van der Waals surface area contributed by atoms with Crippen LogP contribution in [-0.4, -0.2) is 75.5 Å². The molecule has 12 nitrogen and oxygen atoms in total. The third-order valence-electron chi connectivity index (χ3n) is 9.18. The van der Waals surface area contributed by atoms with Gasteiger partial charge in [0.25, 0.3) is 17.4 Å². The molecule has 0 unspecified atom stereocenters. The highest BCUT2D eigenvalue weighted by Crippen LogP contribution is 2.54. The number of ether oxygens (including phenoxy) is 1. The first kappa shape index (κ1) is 33.6. The van der Waals surface area contributed by atoms with E-state index in [2.05, 4.69) is 10.0 Å². The Bertz CT molecular complexity index is 1610. The van der Waals surface area contributed by atoms with Crippen LogP contribution in [0.25, 0.3) is 0 Å². The molecule has 5 rings (SSSR count). The number of piperidine rings is 2. The number of sulfonamides is 1. The molecule has 2 aliphatic heterocycles. The Kier molecular flexibility index (Phi) is 9.64. The second kappa shape index (κ2) is 13.2. The predicted octanol–water partition coefficient (Wildman–Crippen LogP) is 3.12. The number of alkyl halides is 2. The molecule has 1 amide bonds. The number of esters is 1. The summed E-state index contributed by atoms with van der Waals surface area (Å²) in [7, 11) is -3.93. The largest absolute Gasteiger partial charge is 0.463 e. The van der Waals surface area contributed by atoms with Gasteiger partial charge in [0.1, 0.15) is 24.1 Å². The maximum Gasteiger partial charge on any atom is 0.323 e. The summed E-state index contributed by atoms with van der Waals surface area (Å²) < 4.78 is 61.9. The van der Waals surface area contributed by atoms with Gasteiger partial charge in [-0.05, 0) is 67.3 Å². The first-order valence-electron chi connectivity index (χ1n) is 15.7. The number of hydrogen-bond acceptors (Lipinski definition) is 9. The van der Waals surface area contributed by atoms with Crippen molar-refractivity contribution in [2.24, 2.45) is 17.1 Å². The molecule has 0 radical (unpaired) electrons. The number of carbonyl (C=O) groups excluding carboxylic acids is 2. The molecule has 1 spiro atoms. The van der Waals surface area contributed by atoms with Crippen molar-refractivity contribution in [2.45, 2.75) is 64.3 Å². The number of pyridine rings is 1. The van der Waals surface area contributed by atoms with E-state index in [1.54, 1.807) is 26.0 Å². The minimum Gasteiger partial charge on any atom is -0.463 e. The monoisotopic (exact) mass is 664 g/mol. The number of nitrogens with two attached hydrogens (primary N) is 1. The van der Waals surface area contributed by atoms with Crippen LogP contribution in [-0.2, 0) is 19.6 Å². The van der Waals surface area contributed by atoms with Gasteiger partial charge in [-0.2, -0.15) is 0 Å². The van der Waals surface area contributed by atoms with E-state index in [9.17, 15) is 31.6 Å². The van der Waals surface area contributed by atoms with Gasteiger partial charge in [-0.25, -0.2) is 21.9 Å². The molecule has 252 valence electrons. The molecular weight excluding hydrogens is 622 g/mol. The van der Waals surface area contributed by atoms with Gasteiger partial charge in [-0.15, -0.1) is 0 Å². The van der Waals surface area contributed by atoms with Crippen LogP contribution in [0.5, 0.6) is 0 Å². The van der Waals surface area contributed by atoms with Crippen molar-refractivity contribution in [1.29, 1.82) is 0 Å². The molecule has 3 heterocycles. The third-order valence-corrected chi connectivity index (χ3v) is 10.4. The molecule has 2 saturated heterocycles. The summed E-state index contributed by atoms with van der Waals surface area (Å²) in [5.74, 6) is -4.66. The molecule has 1 aromatic heterocycles. The molecule has 1 saturated carbocycles. The maximum absolute atomic E-state index is 13.7. The number of aromatic nitrogens is 1. The fraction of sp³-hybridized carbons (Fsp3) is 0.581. The molecule has 4 N–H and O–H groups in total. The van der Waals surface area contributed by atoms with E-state index >= 15 is 0 Å². The van der Waals surface area contributed by atoms with Gasteiger partial charge in [0, 0.05) is 45.2 Å². The number of nitrogens with zero attached hydrogens (tertiary/aromatic N) is 3. The molecule has 0 bridgehead atoms. The van der Waals surface area contributed by atoms with Gasteiger partial charge in [-0.3, -0.25) is 19.1 Å². The molecule has 1 atom stereocenters. The second-order valence-corrected chi connectivity index (χ2v) is 14.8. The van der Waals surface area contributed by atoms with Crippen molar-refractivity contribution in [3.05, 3.63) is 52.4 Å². The minimum atomic E-state index is -3.93. The standard InChI is InChI=1S/C31H42F2N6O6S/c1-21(2)26(34)29(42)45-18-19-46(43,44)36-22-5-6-23(25(20-22)37-14-9-30(7-8-30)10-15-37)27(40)35-24-4-3-13-39(28(24)41)38-16-11-31(32,33)12-17-38/h3-6,13,20-21,26,36H,7-12,14-19,34H2,1-2H3,(H,35,40)/t26-/m0/s1. The Balaban J connectivity index is 1.33. The van der Waals surface area contributed by atoms with Crippen LogP contribution in [0.1, 0.15) is 62.7 Å². The number of anilines is 3. The number of benzene rings is 1. The van der Waals surface area contributed by atoms with Crippen molar-refractivity contribution in [3.63, 3.8) is 0 Å². The summed E-state index contributed by atoms with van der Waals surface area (Å²) in [4.78, 5) is 41.0. The van der Waals surface area contributed by atoms with Gasteiger partial charge in [0.2, 0.25) is 10.0 Å². The highest BCUT2D eigenvalue weighted by Gasteiger charge is 2.44. The molecule has 15 heteroatoms. The van der Waals surface area contributed by atoms with Crippen LogP contribution < -0.4 is 31.2 Å². The lowest BCUT2D eigenvalue weighted by atomic mass is 9.93. The van der Waals surface area contributed by atoms with E-state index in [0.717, 1.165) is 12.8 Å². The highest BCUT2D eigenvalue weighted by molar-refractivity contribution is 7.92. The Labute approximate surface area is 267 Å². The Morgan fingerprint density at radius 2 is 1.70 bits per heavy atom. The van der Waals surface area contributed by atoms with E-state index in [-0.39, 0.29) is 55.4 Å². The Morgan fingerprint density at radius 3 is 2.33 bits per heavy atom. The number of halogens is 2. The predicted molar refractivity (Wildman–Crippen MR) is 172 cm³/mol. The number of rotatable bonds is 11. The summed E-state index contributed by atoms with van der Waals surface area (Å²) in [6.07, 6.45) is 4.99. The molecule has 46 heavy (non-hydrogen) atoms. The van der Waals surface area contributed by atoms with Crippen molar-refractivity contribution in [2.75, 3.05) is 58.5 Å². The van der Waals surface area contributed by atoms with E-state index < -0.39 is 45.2 Å². The van der Waals surface area contributed by atoms with Crippen molar-refractivity contribution < 1.29 is 31.5 Å². The molecule has 2 aromatic rings. The summed E-state index contributed by atoms with van der Waals surface area (Å²) in [6.45, 7) is 4.50. The van der Waals surface area contributed by atoms with Crippen LogP contribution in [0.3, 0.4) is 0 Å². The quantitative estimate of drug-likeness (QED) is 0.307. The summed E-state index contributed by atoms with van der Waals surface area (Å²) in [5, 5.41) is 4.21. The Morgan fingerprint density at radius 1 is 1.02 bits per heavy atom. The second-order valence-electron chi connectivity index (χ2n) is 12.9. The van der Waals surface area contributed by atoms with Crippen LogP contribution >= 0.6 is 0 Å². The van der Waals surface area contributed by atoms with E-state index in [1.807, 2.05) is 4.90 Å². The lowest BCUT2D eigenvalue weighted by Crippen LogP contribution is -2.49. The normalized spacial score (nSPS) is 19.5. The highest BCUT2D eigenvalue weighted by atomic mass is 32.2.